The molecule has 0 aliphatic rings. The molecule has 0 radical (unpaired) electrons. The molecule has 0 fully saturated rings. The molecular formula is C14H16F2N2O2. The van der Waals surface area contributed by atoms with Crippen molar-refractivity contribution in [3.8, 4) is 5.75 Å². The Morgan fingerprint density at radius 3 is 2.85 bits per heavy atom. The van der Waals surface area contributed by atoms with Gasteiger partial charge < -0.3 is 9.84 Å². The molecule has 2 aromatic rings. The molecule has 2 rings (SSSR count). The number of ether oxygens (including phenoxy) is 1. The van der Waals surface area contributed by atoms with E-state index in [1.165, 1.54) is 12.1 Å². The summed E-state index contributed by atoms with van der Waals surface area (Å²) in [4.78, 5) is 0. The van der Waals surface area contributed by atoms with Crippen molar-refractivity contribution in [1.29, 1.82) is 0 Å². The van der Waals surface area contributed by atoms with Crippen molar-refractivity contribution >= 4 is 0 Å². The van der Waals surface area contributed by atoms with Gasteiger partial charge in [-0.3, -0.25) is 4.68 Å². The fourth-order valence-corrected chi connectivity index (χ4v) is 1.93. The average Bonchev–Trinajstić information content (AvgIpc) is 2.86. The Kier molecular flexibility index (Phi) is 4.68. The van der Waals surface area contributed by atoms with E-state index in [4.69, 9.17) is 0 Å². The SMILES string of the molecule is CCCn1cc(C(O)c2cccc(OC(F)F)c2)cn1. The van der Waals surface area contributed by atoms with Crippen molar-refractivity contribution in [1.82, 2.24) is 9.78 Å². The average molecular weight is 282 g/mol. The van der Waals surface area contributed by atoms with Crippen LogP contribution in [0, 0.1) is 0 Å². The number of aryl methyl sites for hydroxylation is 1. The van der Waals surface area contributed by atoms with E-state index in [0.29, 0.717) is 11.1 Å². The Balaban J connectivity index is 2.16. The molecule has 20 heavy (non-hydrogen) atoms. The first-order chi connectivity index (χ1) is 9.60. The summed E-state index contributed by atoms with van der Waals surface area (Å²) in [6, 6.07) is 6.03. The number of alkyl halides is 2. The highest BCUT2D eigenvalue weighted by atomic mass is 19.3. The number of aliphatic hydroxyl groups is 1. The molecule has 0 aliphatic carbocycles. The third-order valence-corrected chi connectivity index (χ3v) is 2.82. The van der Waals surface area contributed by atoms with Crippen molar-refractivity contribution < 1.29 is 18.6 Å². The van der Waals surface area contributed by atoms with Crippen LogP contribution in [0.1, 0.15) is 30.6 Å². The van der Waals surface area contributed by atoms with Gasteiger partial charge in [0.05, 0.1) is 6.20 Å². The quantitative estimate of drug-likeness (QED) is 0.886. The lowest BCUT2D eigenvalue weighted by Gasteiger charge is -2.11. The molecule has 1 heterocycles. The van der Waals surface area contributed by atoms with Gasteiger partial charge in [0.15, 0.2) is 0 Å². The van der Waals surface area contributed by atoms with Gasteiger partial charge in [0, 0.05) is 18.3 Å². The molecule has 0 saturated carbocycles. The predicted octanol–water partition coefficient (Wildman–Crippen LogP) is 2.98. The summed E-state index contributed by atoms with van der Waals surface area (Å²) < 4.78 is 30.4. The Labute approximate surface area is 115 Å². The standard InChI is InChI=1S/C14H16F2N2O2/c1-2-6-18-9-11(8-17-18)13(19)10-4-3-5-12(7-10)20-14(15)16/h3-5,7-9,13-14,19H,2,6H2,1H3. The van der Waals surface area contributed by atoms with Crippen LogP contribution < -0.4 is 4.74 Å². The highest BCUT2D eigenvalue weighted by Gasteiger charge is 2.14. The predicted molar refractivity (Wildman–Crippen MR) is 69.7 cm³/mol. The molecule has 0 bridgehead atoms. The van der Waals surface area contributed by atoms with Crippen molar-refractivity contribution in [2.45, 2.75) is 32.6 Å². The molecule has 0 saturated heterocycles. The second-order valence-corrected chi connectivity index (χ2v) is 4.39. The highest BCUT2D eigenvalue weighted by Crippen LogP contribution is 2.25. The van der Waals surface area contributed by atoms with Crippen LogP contribution in [-0.2, 0) is 6.54 Å². The molecule has 4 nitrogen and oxygen atoms in total. The maximum Gasteiger partial charge on any atom is 0.387 e. The molecule has 0 aliphatic heterocycles. The topological polar surface area (TPSA) is 47.3 Å². The van der Waals surface area contributed by atoms with E-state index in [0.717, 1.165) is 13.0 Å². The smallest absolute Gasteiger partial charge is 0.387 e. The zero-order valence-corrected chi connectivity index (χ0v) is 11.0. The van der Waals surface area contributed by atoms with Gasteiger partial charge >= 0.3 is 6.61 Å². The Morgan fingerprint density at radius 2 is 2.15 bits per heavy atom. The van der Waals surface area contributed by atoms with E-state index in [-0.39, 0.29) is 5.75 Å². The number of aromatic nitrogens is 2. The summed E-state index contributed by atoms with van der Waals surface area (Å²) in [5, 5.41) is 14.4. The molecule has 0 amide bonds. The van der Waals surface area contributed by atoms with Crippen molar-refractivity contribution in [3.63, 3.8) is 0 Å². The second-order valence-electron chi connectivity index (χ2n) is 4.39. The van der Waals surface area contributed by atoms with Gasteiger partial charge in [-0.25, -0.2) is 0 Å². The van der Waals surface area contributed by atoms with Crippen LogP contribution >= 0.6 is 0 Å². The number of nitrogens with zero attached hydrogens (tertiary/aromatic N) is 2. The summed E-state index contributed by atoms with van der Waals surface area (Å²) in [5.41, 5.74) is 1.10. The third-order valence-electron chi connectivity index (χ3n) is 2.82. The summed E-state index contributed by atoms with van der Waals surface area (Å²) in [6.45, 7) is -0.0841. The zero-order valence-electron chi connectivity index (χ0n) is 11.0. The van der Waals surface area contributed by atoms with Crippen LogP contribution in [-0.4, -0.2) is 21.5 Å². The highest BCUT2D eigenvalue weighted by molar-refractivity contribution is 5.34. The van der Waals surface area contributed by atoms with E-state index >= 15 is 0 Å². The number of hydrogen-bond acceptors (Lipinski definition) is 3. The molecule has 108 valence electrons. The van der Waals surface area contributed by atoms with E-state index in [2.05, 4.69) is 9.84 Å². The molecule has 0 spiro atoms. The molecule has 1 unspecified atom stereocenters. The van der Waals surface area contributed by atoms with Gasteiger partial charge in [0.1, 0.15) is 11.9 Å². The number of aliphatic hydroxyl groups excluding tert-OH is 1. The minimum Gasteiger partial charge on any atom is -0.435 e. The first-order valence-electron chi connectivity index (χ1n) is 6.35. The molecule has 1 aromatic heterocycles. The van der Waals surface area contributed by atoms with Crippen LogP contribution in [0.25, 0.3) is 0 Å². The van der Waals surface area contributed by atoms with Crippen molar-refractivity contribution in [2.75, 3.05) is 0 Å². The first-order valence-corrected chi connectivity index (χ1v) is 6.35. The van der Waals surface area contributed by atoms with Gasteiger partial charge in [-0.05, 0) is 24.1 Å². The largest absolute Gasteiger partial charge is 0.435 e. The van der Waals surface area contributed by atoms with Crippen molar-refractivity contribution in [2.24, 2.45) is 0 Å². The monoisotopic (exact) mass is 282 g/mol. The molecular weight excluding hydrogens is 266 g/mol. The van der Waals surface area contributed by atoms with E-state index < -0.39 is 12.7 Å². The number of benzene rings is 1. The lowest BCUT2D eigenvalue weighted by molar-refractivity contribution is -0.0499. The van der Waals surface area contributed by atoms with Gasteiger partial charge in [-0.15, -0.1) is 0 Å². The van der Waals surface area contributed by atoms with E-state index in [9.17, 15) is 13.9 Å². The van der Waals surface area contributed by atoms with Crippen molar-refractivity contribution in [3.05, 3.63) is 47.8 Å². The number of hydrogen-bond donors (Lipinski definition) is 1. The van der Waals surface area contributed by atoms with Crippen LogP contribution in [0.5, 0.6) is 5.75 Å². The Hall–Kier alpha value is -1.95. The number of halogens is 2. The molecule has 1 atom stereocenters. The minimum atomic E-state index is -2.88. The minimum absolute atomic E-state index is 0.0255. The summed E-state index contributed by atoms with van der Waals surface area (Å²) in [5.74, 6) is 0.0255. The Bertz CT molecular complexity index is 558. The summed E-state index contributed by atoms with van der Waals surface area (Å²) in [6.07, 6.45) is 3.34. The lowest BCUT2D eigenvalue weighted by atomic mass is 10.0. The van der Waals surface area contributed by atoms with Gasteiger partial charge in [-0.1, -0.05) is 19.1 Å². The Morgan fingerprint density at radius 1 is 1.35 bits per heavy atom. The summed E-state index contributed by atoms with van der Waals surface area (Å²) >= 11 is 0. The van der Waals surface area contributed by atoms with Crippen LogP contribution in [0.2, 0.25) is 0 Å². The number of rotatable bonds is 6. The normalized spacial score (nSPS) is 12.7. The van der Waals surface area contributed by atoms with E-state index in [1.807, 2.05) is 6.92 Å². The van der Waals surface area contributed by atoms with Crippen LogP contribution in [0.4, 0.5) is 8.78 Å². The fraction of sp³-hybridized carbons (Fsp3) is 0.357. The maximum absolute atomic E-state index is 12.2. The van der Waals surface area contributed by atoms with Crippen LogP contribution in [0.15, 0.2) is 36.7 Å². The molecule has 1 N–H and O–H groups in total. The summed E-state index contributed by atoms with van der Waals surface area (Å²) in [7, 11) is 0. The third kappa shape index (κ3) is 3.54. The van der Waals surface area contributed by atoms with Crippen LogP contribution in [0.3, 0.4) is 0 Å². The van der Waals surface area contributed by atoms with E-state index in [1.54, 1.807) is 29.2 Å². The lowest BCUT2D eigenvalue weighted by Crippen LogP contribution is -2.04. The zero-order chi connectivity index (χ0) is 14.5. The molecule has 6 heteroatoms. The second kappa shape index (κ2) is 6.47. The maximum atomic E-state index is 12.2. The van der Waals surface area contributed by atoms with Gasteiger partial charge in [-0.2, -0.15) is 13.9 Å². The fourth-order valence-electron chi connectivity index (χ4n) is 1.93. The van der Waals surface area contributed by atoms with Gasteiger partial charge in [0.25, 0.3) is 0 Å². The molecule has 1 aromatic carbocycles. The first kappa shape index (κ1) is 14.5. The van der Waals surface area contributed by atoms with Gasteiger partial charge in [0.2, 0.25) is 0 Å².